The second-order valence-corrected chi connectivity index (χ2v) is 9.12. The Morgan fingerprint density at radius 3 is 2.56 bits per heavy atom. The Bertz CT molecular complexity index is 923. The van der Waals surface area contributed by atoms with Gasteiger partial charge in [-0.1, -0.05) is 6.92 Å². The van der Waals surface area contributed by atoms with E-state index in [2.05, 4.69) is 21.4 Å². The van der Waals surface area contributed by atoms with Crippen LogP contribution in [0, 0.1) is 4.77 Å². The first kappa shape index (κ1) is 20.1. The number of aromatic nitrogens is 4. The summed E-state index contributed by atoms with van der Waals surface area (Å²) in [6.07, 6.45) is 6.54. The molecule has 27 heavy (non-hydrogen) atoms. The Hall–Kier alpha value is -1.62. The Labute approximate surface area is 165 Å². The van der Waals surface area contributed by atoms with E-state index in [0.29, 0.717) is 31.1 Å². The second-order valence-electron chi connectivity index (χ2n) is 6.77. The van der Waals surface area contributed by atoms with Crippen molar-refractivity contribution in [1.82, 2.24) is 28.5 Å². The van der Waals surface area contributed by atoms with Gasteiger partial charge in [-0.2, -0.15) is 5.10 Å². The van der Waals surface area contributed by atoms with Gasteiger partial charge < -0.3 is 0 Å². The van der Waals surface area contributed by atoms with Crippen LogP contribution in [0.5, 0.6) is 0 Å². The van der Waals surface area contributed by atoms with Crippen LogP contribution < -0.4 is 0 Å². The quantitative estimate of drug-likeness (QED) is 0.676. The van der Waals surface area contributed by atoms with Crippen LogP contribution in [-0.4, -0.2) is 69.4 Å². The van der Waals surface area contributed by atoms with Crippen LogP contribution in [0.15, 0.2) is 24.5 Å². The minimum absolute atomic E-state index is 0.499. The molecule has 3 rings (SSSR count). The van der Waals surface area contributed by atoms with E-state index >= 15 is 0 Å². The first-order chi connectivity index (χ1) is 12.9. The van der Waals surface area contributed by atoms with Crippen molar-refractivity contribution in [3.63, 3.8) is 0 Å². The van der Waals surface area contributed by atoms with Gasteiger partial charge >= 0.3 is 0 Å². The van der Waals surface area contributed by atoms with E-state index in [9.17, 15) is 8.42 Å². The largest absolute Gasteiger partial charge is 0.300 e. The number of hydrogen-bond donors (Lipinski definition) is 0. The SMILES string of the molecule is CCCn1c(-c2ccncc2)nn(CN2CCCN(S(C)(=O)=O)CC2)c1=S. The van der Waals surface area contributed by atoms with Gasteiger partial charge in [0.1, 0.15) is 0 Å². The van der Waals surface area contributed by atoms with E-state index in [-0.39, 0.29) is 0 Å². The van der Waals surface area contributed by atoms with Crippen molar-refractivity contribution >= 4 is 22.2 Å². The summed E-state index contributed by atoms with van der Waals surface area (Å²) in [4.78, 5) is 6.28. The summed E-state index contributed by atoms with van der Waals surface area (Å²) in [5.41, 5.74) is 0.988. The molecule has 1 aliphatic rings. The van der Waals surface area contributed by atoms with Crippen LogP contribution in [0.4, 0.5) is 0 Å². The highest BCUT2D eigenvalue weighted by Crippen LogP contribution is 2.18. The number of sulfonamides is 1. The maximum Gasteiger partial charge on any atom is 0.211 e. The zero-order chi connectivity index (χ0) is 19.4. The Morgan fingerprint density at radius 1 is 1.15 bits per heavy atom. The van der Waals surface area contributed by atoms with Crippen LogP contribution in [0.3, 0.4) is 0 Å². The van der Waals surface area contributed by atoms with Gasteiger partial charge in [-0.3, -0.25) is 14.5 Å². The molecule has 1 saturated heterocycles. The van der Waals surface area contributed by atoms with Crippen LogP contribution in [-0.2, 0) is 23.2 Å². The zero-order valence-corrected chi connectivity index (χ0v) is 17.4. The average molecular weight is 411 g/mol. The molecule has 1 aliphatic heterocycles. The minimum atomic E-state index is -3.15. The second kappa shape index (κ2) is 8.59. The molecule has 148 valence electrons. The van der Waals surface area contributed by atoms with Gasteiger partial charge in [0.15, 0.2) is 10.6 Å². The van der Waals surface area contributed by atoms with E-state index in [0.717, 1.165) is 37.3 Å². The fraction of sp³-hybridized carbons (Fsp3) is 0.588. The Balaban J connectivity index is 1.82. The molecule has 2 aromatic heterocycles. The maximum atomic E-state index is 11.8. The molecule has 0 amide bonds. The van der Waals surface area contributed by atoms with E-state index in [1.54, 1.807) is 16.7 Å². The molecule has 1 fully saturated rings. The van der Waals surface area contributed by atoms with Crippen molar-refractivity contribution in [1.29, 1.82) is 0 Å². The van der Waals surface area contributed by atoms with Crippen molar-refractivity contribution in [3.05, 3.63) is 29.3 Å². The first-order valence-electron chi connectivity index (χ1n) is 9.15. The third-order valence-electron chi connectivity index (χ3n) is 4.66. The lowest BCUT2D eigenvalue weighted by molar-refractivity contribution is 0.215. The lowest BCUT2D eigenvalue weighted by atomic mass is 10.2. The molecule has 2 aromatic rings. The molecule has 0 saturated carbocycles. The summed E-state index contributed by atoms with van der Waals surface area (Å²) in [7, 11) is -3.15. The summed E-state index contributed by atoms with van der Waals surface area (Å²) < 4.78 is 29.7. The highest BCUT2D eigenvalue weighted by Gasteiger charge is 2.22. The number of rotatable bonds is 6. The number of nitrogens with zero attached hydrogens (tertiary/aromatic N) is 6. The summed E-state index contributed by atoms with van der Waals surface area (Å²) >= 11 is 5.68. The van der Waals surface area contributed by atoms with Crippen molar-refractivity contribution < 1.29 is 8.42 Å². The smallest absolute Gasteiger partial charge is 0.211 e. The average Bonchev–Trinajstić information content (AvgIpc) is 2.81. The first-order valence-corrected chi connectivity index (χ1v) is 11.4. The van der Waals surface area contributed by atoms with Crippen molar-refractivity contribution in [2.24, 2.45) is 0 Å². The van der Waals surface area contributed by atoms with E-state index in [4.69, 9.17) is 17.3 Å². The van der Waals surface area contributed by atoms with Gasteiger partial charge in [0.2, 0.25) is 10.0 Å². The molecule has 0 radical (unpaired) electrons. The normalized spacial score (nSPS) is 17.1. The van der Waals surface area contributed by atoms with Crippen LogP contribution in [0.2, 0.25) is 0 Å². The Morgan fingerprint density at radius 2 is 1.89 bits per heavy atom. The molecule has 0 atom stereocenters. The fourth-order valence-corrected chi connectivity index (χ4v) is 4.43. The third-order valence-corrected chi connectivity index (χ3v) is 6.39. The third kappa shape index (κ3) is 4.81. The number of pyridine rings is 1. The molecule has 0 aliphatic carbocycles. The van der Waals surface area contributed by atoms with Gasteiger partial charge in [-0.25, -0.2) is 17.4 Å². The van der Waals surface area contributed by atoms with Crippen LogP contribution in [0.1, 0.15) is 19.8 Å². The molecular formula is C17H26N6O2S2. The molecular weight excluding hydrogens is 384 g/mol. The topological polar surface area (TPSA) is 76.3 Å². The summed E-state index contributed by atoms with van der Waals surface area (Å²) in [5, 5.41) is 4.77. The van der Waals surface area contributed by atoms with Gasteiger partial charge in [0, 0.05) is 50.7 Å². The van der Waals surface area contributed by atoms with Gasteiger partial charge in [0.05, 0.1) is 12.9 Å². The maximum absolute atomic E-state index is 11.8. The van der Waals surface area contributed by atoms with E-state index in [1.165, 1.54) is 6.26 Å². The van der Waals surface area contributed by atoms with Crippen molar-refractivity contribution in [2.45, 2.75) is 33.0 Å². The molecule has 0 spiro atoms. The lowest BCUT2D eigenvalue weighted by Crippen LogP contribution is -2.35. The van der Waals surface area contributed by atoms with E-state index in [1.807, 2.05) is 16.8 Å². The lowest BCUT2D eigenvalue weighted by Gasteiger charge is -2.20. The van der Waals surface area contributed by atoms with Gasteiger partial charge in [-0.15, -0.1) is 0 Å². The molecule has 0 bridgehead atoms. The van der Waals surface area contributed by atoms with Crippen molar-refractivity contribution in [2.75, 3.05) is 32.4 Å². The molecule has 0 N–H and O–H groups in total. The number of hydrogen-bond acceptors (Lipinski definition) is 6. The minimum Gasteiger partial charge on any atom is -0.300 e. The van der Waals surface area contributed by atoms with Crippen LogP contribution in [0.25, 0.3) is 11.4 Å². The highest BCUT2D eigenvalue weighted by molar-refractivity contribution is 7.88. The summed E-state index contributed by atoms with van der Waals surface area (Å²) in [6.45, 7) is 6.03. The fourth-order valence-electron chi connectivity index (χ4n) is 3.28. The predicted molar refractivity (Wildman–Crippen MR) is 107 cm³/mol. The predicted octanol–water partition coefficient (Wildman–Crippen LogP) is 1.81. The van der Waals surface area contributed by atoms with E-state index < -0.39 is 10.0 Å². The van der Waals surface area contributed by atoms with Gasteiger partial charge in [-0.05, 0) is 37.2 Å². The highest BCUT2D eigenvalue weighted by atomic mass is 32.2. The molecule has 0 aromatic carbocycles. The van der Waals surface area contributed by atoms with Crippen LogP contribution >= 0.6 is 12.2 Å². The molecule has 0 unspecified atom stereocenters. The zero-order valence-electron chi connectivity index (χ0n) is 15.8. The standard InChI is InChI=1S/C17H26N6O2S2/c1-3-9-22-16(15-5-7-18-8-6-15)19-23(17(22)26)14-20-10-4-11-21(13-12-20)27(2,24)25/h5-8H,3-4,9-14H2,1-2H3. The molecule has 3 heterocycles. The Kier molecular flexibility index (Phi) is 6.40. The van der Waals surface area contributed by atoms with Crippen molar-refractivity contribution in [3.8, 4) is 11.4 Å². The summed E-state index contributed by atoms with van der Waals surface area (Å²) in [5.74, 6) is 0.844. The summed E-state index contributed by atoms with van der Waals surface area (Å²) in [6, 6.07) is 3.87. The molecule has 10 heteroatoms. The van der Waals surface area contributed by atoms with Gasteiger partial charge in [0.25, 0.3) is 0 Å². The monoisotopic (exact) mass is 410 g/mol. The molecule has 8 nitrogen and oxygen atoms in total.